The maximum atomic E-state index is 12.5. The number of methoxy groups -OCH3 is 1. The van der Waals surface area contributed by atoms with Gasteiger partial charge in [0.15, 0.2) is 17.5 Å². The van der Waals surface area contributed by atoms with Gasteiger partial charge < -0.3 is 20.1 Å². The van der Waals surface area contributed by atoms with Crippen molar-refractivity contribution in [3.05, 3.63) is 23.8 Å². The largest absolute Gasteiger partial charge is 0.493 e. The lowest BCUT2D eigenvalue weighted by atomic mass is 10.1. The molecule has 1 aliphatic rings. The first-order valence-corrected chi connectivity index (χ1v) is 10.2. The van der Waals surface area contributed by atoms with Crippen molar-refractivity contribution in [1.29, 1.82) is 0 Å². The first-order chi connectivity index (χ1) is 13.0. The summed E-state index contributed by atoms with van der Waals surface area (Å²) in [6.07, 6.45) is 3.10. The molecule has 28 heavy (non-hydrogen) atoms. The number of thioether (sulfide) groups is 1. The number of rotatable bonds is 9. The molecule has 0 spiro atoms. The molecule has 1 aromatic rings. The van der Waals surface area contributed by atoms with E-state index in [9.17, 15) is 8.78 Å². The molecule has 9 heteroatoms. The smallest absolute Gasteiger partial charge is 0.387 e. The molecule has 1 atom stereocenters. The minimum atomic E-state index is -2.88. The first-order valence-electron chi connectivity index (χ1n) is 9.23. The number of nitrogens with one attached hydrogen (secondary N) is 2. The fourth-order valence-corrected chi connectivity index (χ4v) is 4.17. The van der Waals surface area contributed by atoms with Gasteiger partial charge in [-0.2, -0.15) is 20.5 Å². The Morgan fingerprint density at radius 3 is 2.71 bits per heavy atom. The van der Waals surface area contributed by atoms with Gasteiger partial charge in [0.25, 0.3) is 0 Å². The molecule has 1 heterocycles. The van der Waals surface area contributed by atoms with Crippen LogP contribution in [0.5, 0.6) is 11.5 Å². The van der Waals surface area contributed by atoms with Gasteiger partial charge >= 0.3 is 6.61 Å². The average Bonchev–Trinajstić information content (AvgIpc) is 3.06. The maximum Gasteiger partial charge on any atom is 0.387 e. The van der Waals surface area contributed by atoms with Crippen LogP contribution in [0.4, 0.5) is 8.78 Å². The van der Waals surface area contributed by atoms with Crippen molar-refractivity contribution in [2.45, 2.75) is 44.5 Å². The molecule has 5 nitrogen and oxygen atoms in total. The molecule has 1 aliphatic heterocycles. The first kappa shape index (κ1) is 25.1. The highest BCUT2D eigenvalue weighted by Gasteiger charge is 2.29. The molecule has 1 unspecified atom stereocenters. The minimum absolute atomic E-state index is 0. The van der Waals surface area contributed by atoms with Gasteiger partial charge in [-0.1, -0.05) is 6.07 Å². The van der Waals surface area contributed by atoms with E-state index in [1.54, 1.807) is 12.1 Å². The predicted octanol–water partition coefficient (Wildman–Crippen LogP) is 4.30. The molecule has 0 bridgehead atoms. The van der Waals surface area contributed by atoms with Crippen molar-refractivity contribution >= 4 is 41.7 Å². The summed E-state index contributed by atoms with van der Waals surface area (Å²) in [6, 6.07) is 5.08. The third-order valence-corrected chi connectivity index (χ3v) is 5.89. The lowest BCUT2D eigenvalue weighted by molar-refractivity contribution is -0.0512. The van der Waals surface area contributed by atoms with Gasteiger partial charge in [-0.25, -0.2) is 0 Å². The van der Waals surface area contributed by atoms with Crippen LogP contribution in [0, 0.1) is 0 Å². The van der Waals surface area contributed by atoms with Crippen LogP contribution in [-0.4, -0.2) is 49.8 Å². The van der Waals surface area contributed by atoms with Gasteiger partial charge in [-0.3, -0.25) is 4.99 Å². The predicted molar refractivity (Wildman–Crippen MR) is 123 cm³/mol. The zero-order valence-corrected chi connectivity index (χ0v) is 19.7. The highest BCUT2D eigenvalue weighted by Crippen LogP contribution is 2.37. The topological polar surface area (TPSA) is 54.9 Å². The van der Waals surface area contributed by atoms with Crippen LogP contribution in [0.3, 0.4) is 0 Å². The molecule has 0 aliphatic carbocycles. The number of guanidine groups is 1. The zero-order valence-electron chi connectivity index (χ0n) is 16.6. The van der Waals surface area contributed by atoms with Crippen molar-refractivity contribution in [3.63, 3.8) is 0 Å². The van der Waals surface area contributed by atoms with E-state index in [1.807, 2.05) is 24.8 Å². The molecule has 1 fully saturated rings. The van der Waals surface area contributed by atoms with Crippen molar-refractivity contribution in [2.24, 2.45) is 4.99 Å². The molecular formula is C19H30F2IN3O2S. The number of ether oxygens (including phenoxy) is 2. The van der Waals surface area contributed by atoms with Crippen molar-refractivity contribution in [1.82, 2.24) is 10.6 Å². The molecule has 1 saturated heterocycles. The van der Waals surface area contributed by atoms with E-state index in [4.69, 9.17) is 9.73 Å². The van der Waals surface area contributed by atoms with E-state index in [-0.39, 0.29) is 34.5 Å². The maximum absolute atomic E-state index is 12.5. The van der Waals surface area contributed by atoms with Crippen LogP contribution >= 0.6 is 35.7 Å². The number of alkyl halides is 2. The Morgan fingerprint density at radius 2 is 2.11 bits per heavy atom. The number of hydrogen-bond donors (Lipinski definition) is 2. The summed E-state index contributed by atoms with van der Waals surface area (Å²) in [5.41, 5.74) is 0.883. The third kappa shape index (κ3) is 8.18. The van der Waals surface area contributed by atoms with Crippen LogP contribution in [0.15, 0.2) is 23.2 Å². The Hall–Kier alpha value is -0.970. The third-order valence-electron chi connectivity index (χ3n) is 4.37. The van der Waals surface area contributed by atoms with Crippen LogP contribution in [0.25, 0.3) is 0 Å². The Labute approximate surface area is 187 Å². The van der Waals surface area contributed by atoms with E-state index in [0.29, 0.717) is 18.7 Å². The van der Waals surface area contributed by atoms with Crippen molar-refractivity contribution in [2.75, 3.05) is 32.5 Å². The van der Waals surface area contributed by atoms with Crippen LogP contribution in [0.2, 0.25) is 0 Å². The van der Waals surface area contributed by atoms with Crippen LogP contribution in [-0.2, 0) is 6.42 Å². The SMILES string of the molecule is CCNC(=NCC1(C)CCCS1)NCCc1ccc(OC)c(OC(F)F)c1.I. The van der Waals surface area contributed by atoms with Gasteiger partial charge in [0.1, 0.15) is 0 Å². The van der Waals surface area contributed by atoms with Crippen molar-refractivity contribution < 1.29 is 18.3 Å². The summed E-state index contributed by atoms with van der Waals surface area (Å²) < 4.78 is 34.9. The highest BCUT2D eigenvalue weighted by molar-refractivity contribution is 14.0. The Morgan fingerprint density at radius 1 is 1.32 bits per heavy atom. The summed E-state index contributed by atoms with van der Waals surface area (Å²) in [5, 5.41) is 6.56. The van der Waals surface area contributed by atoms with Crippen LogP contribution < -0.4 is 20.1 Å². The van der Waals surface area contributed by atoms with Crippen LogP contribution in [0.1, 0.15) is 32.3 Å². The van der Waals surface area contributed by atoms with Crippen molar-refractivity contribution in [3.8, 4) is 11.5 Å². The second-order valence-corrected chi connectivity index (χ2v) is 8.32. The molecule has 0 aromatic heterocycles. The number of benzene rings is 1. The summed E-state index contributed by atoms with van der Waals surface area (Å²) in [5.74, 6) is 2.33. The second kappa shape index (κ2) is 12.6. The molecule has 0 saturated carbocycles. The Bertz CT molecular complexity index is 629. The van der Waals surface area contributed by atoms with Gasteiger partial charge in [-0.05, 0) is 56.6 Å². The second-order valence-electron chi connectivity index (χ2n) is 6.64. The number of hydrogen-bond acceptors (Lipinski definition) is 4. The fourth-order valence-electron chi connectivity index (χ4n) is 2.94. The van der Waals surface area contributed by atoms with Gasteiger partial charge in [-0.15, -0.1) is 24.0 Å². The fraction of sp³-hybridized carbons (Fsp3) is 0.632. The monoisotopic (exact) mass is 529 g/mol. The van der Waals surface area contributed by atoms with E-state index in [1.165, 1.54) is 25.7 Å². The molecule has 0 radical (unpaired) electrons. The Kier molecular flexibility index (Phi) is 11.2. The van der Waals surface area contributed by atoms with Gasteiger partial charge in [0.05, 0.1) is 13.7 Å². The summed E-state index contributed by atoms with van der Waals surface area (Å²) in [7, 11) is 1.43. The normalized spacial score (nSPS) is 19.3. The molecule has 160 valence electrons. The van der Waals surface area contributed by atoms with E-state index >= 15 is 0 Å². The lowest BCUT2D eigenvalue weighted by Crippen LogP contribution is -2.39. The zero-order chi connectivity index (χ0) is 19.7. The quantitative estimate of drug-likeness (QED) is 0.284. The molecule has 2 rings (SSSR count). The molecule has 2 N–H and O–H groups in total. The summed E-state index contributed by atoms with van der Waals surface area (Å²) in [6.45, 7) is 3.61. The Balaban J connectivity index is 0.00000392. The standard InChI is InChI=1S/C19H29F2N3O2S.HI/c1-4-22-18(24-13-19(2)9-5-11-27-19)23-10-8-14-6-7-15(25-3)16(12-14)26-17(20)21;/h6-7,12,17H,4-5,8-11,13H2,1-3H3,(H2,22,23,24);1H. The van der Waals surface area contributed by atoms with E-state index < -0.39 is 6.61 Å². The number of aliphatic imine (C=N–C) groups is 1. The average molecular weight is 529 g/mol. The van der Waals surface area contributed by atoms with Gasteiger partial charge in [0.2, 0.25) is 0 Å². The number of nitrogens with zero attached hydrogens (tertiary/aromatic N) is 1. The van der Waals surface area contributed by atoms with E-state index in [0.717, 1.165) is 24.6 Å². The minimum Gasteiger partial charge on any atom is -0.493 e. The summed E-state index contributed by atoms with van der Waals surface area (Å²) in [4.78, 5) is 4.71. The molecular weight excluding hydrogens is 499 g/mol. The molecule has 1 aromatic carbocycles. The lowest BCUT2D eigenvalue weighted by Gasteiger charge is -2.21. The van der Waals surface area contributed by atoms with Gasteiger partial charge in [0, 0.05) is 17.8 Å². The number of halogens is 3. The summed E-state index contributed by atoms with van der Waals surface area (Å²) >= 11 is 1.99. The molecule has 0 amide bonds. The van der Waals surface area contributed by atoms with E-state index in [2.05, 4.69) is 22.3 Å². The highest BCUT2D eigenvalue weighted by atomic mass is 127.